The molecule has 0 bridgehead atoms. The average Bonchev–Trinajstić information content (AvgIpc) is 2.68. The van der Waals surface area contributed by atoms with Crippen LogP contribution >= 0.6 is 0 Å². The quantitative estimate of drug-likeness (QED) is 0.819. The maximum absolute atomic E-state index is 5.78. The molecule has 2 N–H and O–H groups in total. The van der Waals surface area contributed by atoms with Crippen LogP contribution in [0.15, 0.2) is 6.07 Å². The third-order valence-corrected chi connectivity index (χ3v) is 3.20. The molecular weight excluding hydrogens is 204 g/mol. The molecule has 16 heavy (non-hydrogen) atoms. The van der Waals surface area contributed by atoms with Gasteiger partial charge in [0.15, 0.2) is 0 Å². The van der Waals surface area contributed by atoms with Gasteiger partial charge in [-0.1, -0.05) is 0 Å². The molecule has 0 amide bonds. The summed E-state index contributed by atoms with van der Waals surface area (Å²) in [4.78, 5) is 4.59. The highest BCUT2D eigenvalue weighted by Gasteiger charge is 2.23. The van der Waals surface area contributed by atoms with Crippen molar-refractivity contribution in [1.29, 1.82) is 0 Å². The van der Waals surface area contributed by atoms with Gasteiger partial charge < -0.3 is 15.2 Å². The Morgan fingerprint density at radius 1 is 1.44 bits per heavy atom. The lowest BCUT2D eigenvalue weighted by Gasteiger charge is -2.27. The zero-order valence-corrected chi connectivity index (χ0v) is 9.24. The maximum atomic E-state index is 5.78. The Morgan fingerprint density at radius 3 is 3.00 bits per heavy atom. The Hall–Kier alpha value is -1.13. The molecule has 3 rings (SSSR count). The molecule has 2 heterocycles. The minimum absolute atomic E-state index is 0.164. The van der Waals surface area contributed by atoms with E-state index in [1.165, 1.54) is 17.7 Å². The van der Waals surface area contributed by atoms with E-state index in [-0.39, 0.29) is 6.10 Å². The Bertz CT molecular complexity index is 402. The summed E-state index contributed by atoms with van der Waals surface area (Å²) in [6.45, 7) is 1.83. The summed E-state index contributed by atoms with van der Waals surface area (Å²) in [6, 6.07) is 2.16. The predicted octanol–water partition coefficient (Wildman–Crippen LogP) is 0.807. The van der Waals surface area contributed by atoms with Gasteiger partial charge in [0, 0.05) is 17.8 Å². The number of hydrogen-bond donors (Lipinski definition) is 1. The Balaban J connectivity index is 1.89. The molecular formula is C12H16N2O2. The van der Waals surface area contributed by atoms with Gasteiger partial charge in [0.2, 0.25) is 5.88 Å². The van der Waals surface area contributed by atoms with Gasteiger partial charge in [-0.2, -0.15) is 0 Å². The number of fused-ring (bicyclic) bond motifs is 1. The summed E-state index contributed by atoms with van der Waals surface area (Å²) in [6.07, 6.45) is 3.56. The van der Waals surface area contributed by atoms with E-state index in [0.717, 1.165) is 24.3 Å². The molecule has 0 atom stereocenters. The van der Waals surface area contributed by atoms with Crippen molar-refractivity contribution in [1.82, 2.24) is 4.98 Å². The van der Waals surface area contributed by atoms with Gasteiger partial charge in [-0.15, -0.1) is 0 Å². The molecule has 0 radical (unpaired) electrons. The normalized spacial score (nSPS) is 19.3. The van der Waals surface area contributed by atoms with E-state index in [9.17, 15) is 0 Å². The monoisotopic (exact) mass is 220 g/mol. The van der Waals surface area contributed by atoms with Gasteiger partial charge in [0.1, 0.15) is 6.10 Å². The van der Waals surface area contributed by atoms with Gasteiger partial charge in [-0.3, -0.25) is 0 Å². The Labute approximate surface area is 94.8 Å². The maximum Gasteiger partial charge on any atom is 0.218 e. The van der Waals surface area contributed by atoms with Gasteiger partial charge in [-0.05, 0) is 30.9 Å². The topological polar surface area (TPSA) is 57.4 Å². The minimum Gasteiger partial charge on any atom is -0.469 e. The fourth-order valence-electron chi connectivity index (χ4n) is 2.19. The predicted molar refractivity (Wildman–Crippen MR) is 59.4 cm³/mol. The van der Waals surface area contributed by atoms with Gasteiger partial charge in [0.25, 0.3) is 0 Å². The minimum atomic E-state index is 0.164. The highest BCUT2D eigenvalue weighted by molar-refractivity contribution is 5.36. The molecule has 1 fully saturated rings. The third-order valence-electron chi connectivity index (χ3n) is 3.20. The number of nitrogens with two attached hydrogens (primary N) is 1. The van der Waals surface area contributed by atoms with E-state index in [0.29, 0.717) is 19.8 Å². The lowest BCUT2D eigenvalue weighted by Crippen LogP contribution is -2.39. The van der Waals surface area contributed by atoms with Crippen LogP contribution in [0.2, 0.25) is 0 Å². The summed E-state index contributed by atoms with van der Waals surface area (Å²) in [5.74, 6) is 0.719. The van der Waals surface area contributed by atoms with E-state index >= 15 is 0 Å². The molecule has 0 saturated carbocycles. The molecule has 4 heteroatoms. The van der Waals surface area contributed by atoms with Crippen molar-refractivity contribution in [3.8, 4) is 5.88 Å². The zero-order chi connectivity index (χ0) is 11.0. The van der Waals surface area contributed by atoms with Crippen LogP contribution in [0.5, 0.6) is 5.88 Å². The third kappa shape index (κ3) is 1.68. The number of hydrogen-bond acceptors (Lipinski definition) is 4. The van der Waals surface area contributed by atoms with Gasteiger partial charge in [-0.25, -0.2) is 4.98 Å². The molecule has 0 spiro atoms. The Morgan fingerprint density at radius 2 is 2.31 bits per heavy atom. The van der Waals surface area contributed by atoms with Crippen LogP contribution in [0, 0.1) is 0 Å². The van der Waals surface area contributed by atoms with Crippen LogP contribution in [0.3, 0.4) is 0 Å². The van der Waals surface area contributed by atoms with Crippen LogP contribution in [-0.4, -0.2) is 24.3 Å². The van der Waals surface area contributed by atoms with Crippen molar-refractivity contribution < 1.29 is 9.47 Å². The fourth-order valence-corrected chi connectivity index (χ4v) is 2.19. The van der Waals surface area contributed by atoms with E-state index < -0.39 is 0 Å². The fraction of sp³-hybridized carbons (Fsp3) is 0.583. The first-order valence-electron chi connectivity index (χ1n) is 5.83. The second-order valence-corrected chi connectivity index (χ2v) is 4.39. The number of pyridine rings is 1. The van der Waals surface area contributed by atoms with Crippen molar-refractivity contribution in [2.45, 2.75) is 31.9 Å². The number of aromatic nitrogens is 1. The summed E-state index contributed by atoms with van der Waals surface area (Å²) in [5, 5.41) is 0. The summed E-state index contributed by atoms with van der Waals surface area (Å²) in [5.41, 5.74) is 9.28. The summed E-state index contributed by atoms with van der Waals surface area (Å²) >= 11 is 0. The zero-order valence-electron chi connectivity index (χ0n) is 9.24. The smallest absolute Gasteiger partial charge is 0.218 e. The molecule has 1 aliphatic carbocycles. The standard InChI is InChI=1S/C12H16N2O2/c13-5-9-4-8-2-1-3-11(8)14-12(9)16-10-6-15-7-10/h4,10H,1-3,5-7,13H2. The van der Waals surface area contributed by atoms with Crippen molar-refractivity contribution >= 4 is 0 Å². The molecule has 86 valence electrons. The average molecular weight is 220 g/mol. The summed E-state index contributed by atoms with van der Waals surface area (Å²) in [7, 11) is 0. The summed E-state index contributed by atoms with van der Waals surface area (Å²) < 4.78 is 10.9. The molecule has 0 unspecified atom stereocenters. The van der Waals surface area contributed by atoms with Crippen molar-refractivity contribution in [3.05, 3.63) is 22.9 Å². The van der Waals surface area contributed by atoms with Crippen LogP contribution in [0.1, 0.15) is 23.2 Å². The number of rotatable bonds is 3. The molecule has 0 aromatic carbocycles. The van der Waals surface area contributed by atoms with Crippen molar-refractivity contribution in [2.75, 3.05) is 13.2 Å². The number of nitrogens with zero attached hydrogens (tertiary/aromatic N) is 1. The first-order chi connectivity index (χ1) is 7.86. The molecule has 2 aliphatic rings. The van der Waals surface area contributed by atoms with Gasteiger partial charge in [0.05, 0.1) is 13.2 Å². The molecule has 1 aromatic heterocycles. The van der Waals surface area contributed by atoms with E-state index in [4.69, 9.17) is 15.2 Å². The lowest BCUT2D eigenvalue weighted by molar-refractivity contribution is -0.0817. The lowest BCUT2D eigenvalue weighted by atomic mass is 10.1. The second kappa shape index (κ2) is 4.03. The van der Waals surface area contributed by atoms with Gasteiger partial charge >= 0.3 is 0 Å². The molecule has 4 nitrogen and oxygen atoms in total. The first kappa shape index (κ1) is 10.1. The SMILES string of the molecule is NCc1cc2c(nc1OC1COC1)CCC2. The second-order valence-electron chi connectivity index (χ2n) is 4.39. The van der Waals surface area contributed by atoms with E-state index in [2.05, 4.69) is 11.1 Å². The molecule has 1 aliphatic heterocycles. The molecule has 1 aromatic rings. The van der Waals surface area contributed by atoms with Crippen molar-refractivity contribution in [3.63, 3.8) is 0 Å². The largest absolute Gasteiger partial charge is 0.469 e. The molecule has 1 saturated heterocycles. The van der Waals surface area contributed by atoms with Crippen molar-refractivity contribution in [2.24, 2.45) is 5.73 Å². The number of aryl methyl sites for hydroxylation is 2. The van der Waals surface area contributed by atoms with E-state index in [1.807, 2.05) is 0 Å². The highest BCUT2D eigenvalue weighted by Crippen LogP contribution is 2.27. The first-order valence-corrected chi connectivity index (χ1v) is 5.83. The number of ether oxygens (including phenoxy) is 2. The Kier molecular flexibility index (Phi) is 2.53. The van der Waals surface area contributed by atoms with Crippen LogP contribution < -0.4 is 10.5 Å². The van der Waals surface area contributed by atoms with Crippen LogP contribution in [-0.2, 0) is 24.1 Å². The van der Waals surface area contributed by atoms with E-state index in [1.54, 1.807) is 0 Å². The highest BCUT2D eigenvalue weighted by atomic mass is 16.6. The van der Waals surface area contributed by atoms with Crippen LogP contribution in [0.4, 0.5) is 0 Å². The van der Waals surface area contributed by atoms with Crippen LogP contribution in [0.25, 0.3) is 0 Å².